The van der Waals surface area contributed by atoms with Crippen molar-refractivity contribution in [3.63, 3.8) is 0 Å². The van der Waals surface area contributed by atoms with Gasteiger partial charge >= 0.3 is 0 Å². The van der Waals surface area contributed by atoms with Crippen LogP contribution in [0.1, 0.15) is 22.8 Å². The molecule has 0 aliphatic carbocycles. The molecule has 0 unspecified atom stereocenters. The van der Waals surface area contributed by atoms with Gasteiger partial charge in [-0.2, -0.15) is 5.10 Å². The Labute approximate surface area is 150 Å². The van der Waals surface area contributed by atoms with E-state index in [4.69, 9.17) is 5.11 Å². The molecule has 7 nitrogen and oxygen atoms in total. The van der Waals surface area contributed by atoms with Crippen LogP contribution in [0.2, 0.25) is 0 Å². The molecular formula is C19H19N3O4. The summed E-state index contributed by atoms with van der Waals surface area (Å²) >= 11 is 0. The number of Topliss-reactive ketones (excluding diaryl/α,β-unsaturated/α-hetero) is 1. The van der Waals surface area contributed by atoms with Gasteiger partial charge < -0.3 is 10.4 Å². The lowest BCUT2D eigenvalue weighted by atomic mass is 10.1. The molecule has 1 amide bonds. The second kappa shape index (κ2) is 9.24. The summed E-state index contributed by atoms with van der Waals surface area (Å²) in [5.41, 5.74) is 4.45. The molecule has 26 heavy (non-hydrogen) atoms. The fraction of sp³-hybridized carbons (Fsp3) is 0.158. The van der Waals surface area contributed by atoms with Crippen molar-refractivity contribution in [3.05, 3.63) is 59.7 Å². The van der Waals surface area contributed by atoms with E-state index in [0.717, 1.165) is 5.56 Å². The number of aliphatic hydroxyl groups excluding tert-OH is 1. The highest BCUT2D eigenvalue weighted by Gasteiger charge is 2.17. The van der Waals surface area contributed by atoms with E-state index in [1.165, 1.54) is 6.92 Å². The molecule has 0 aliphatic heterocycles. The number of hydrogen-bond acceptors (Lipinski definition) is 6. The number of carbonyl (C=O) groups is 3. The van der Waals surface area contributed by atoms with Gasteiger partial charge in [0, 0.05) is 24.8 Å². The first kappa shape index (κ1) is 19.0. The Morgan fingerprint density at radius 3 is 2.42 bits per heavy atom. The summed E-state index contributed by atoms with van der Waals surface area (Å²) in [6.45, 7) is 1.27. The van der Waals surface area contributed by atoms with Gasteiger partial charge in [0.15, 0.2) is 17.8 Å². The van der Waals surface area contributed by atoms with Gasteiger partial charge in [-0.25, -0.2) is 0 Å². The zero-order chi connectivity index (χ0) is 18.9. The Hall–Kier alpha value is -3.32. The van der Waals surface area contributed by atoms with Crippen molar-refractivity contribution in [2.75, 3.05) is 17.3 Å². The summed E-state index contributed by atoms with van der Waals surface area (Å²) in [5, 5.41) is 15.4. The molecule has 2 aromatic carbocycles. The van der Waals surface area contributed by atoms with Crippen LogP contribution in [-0.4, -0.2) is 35.4 Å². The number of rotatable bonds is 8. The predicted octanol–water partition coefficient (Wildman–Crippen LogP) is 2.03. The van der Waals surface area contributed by atoms with Gasteiger partial charge in [-0.05, 0) is 36.2 Å². The number of carbonyl (C=O) groups excluding carboxylic acids is 3. The van der Waals surface area contributed by atoms with Crippen LogP contribution in [0.4, 0.5) is 11.4 Å². The van der Waals surface area contributed by atoms with Crippen molar-refractivity contribution in [3.8, 4) is 0 Å². The van der Waals surface area contributed by atoms with Crippen molar-refractivity contribution in [2.45, 2.75) is 13.3 Å². The van der Waals surface area contributed by atoms with E-state index in [0.29, 0.717) is 29.6 Å². The first-order valence-corrected chi connectivity index (χ1v) is 7.95. The molecule has 0 spiro atoms. The fourth-order valence-corrected chi connectivity index (χ4v) is 2.18. The van der Waals surface area contributed by atoms with Gasteiger partial charge in [-0.15, -0.1) is 0 Å². The molecular weight excluding hydrogens is 334 g/mol. The van der Waals surface area contributed by atoms with E-state index in [-0.39, 0.29) is 12.3 Å². The van der Waals surface area contributed by atoms with E-state index in [9.17, 15) is 14.4 Å². The number of nitrogens with zero attached hydrogens (tertiary/aromatic N) is 1. The minimum absolute atomic E-state index is 0.0424. The highest BCUT2D eigenvalue weighted by molar-refractivity contribution is 6.67. The van der Waals surface area contributed by atoms with E-state index in [2.05, 4.69) is 15.8 Å². The highest BCUT2D eigenvalue weighted by Crippen LogP contribution is 2.13. The molecule has 0 aliphatic rings. The van der Waals surface area contributed by atoms with Crippen molar-refractivity contribution < 1.29 is 19.5 Å². The molecule has 0 saturated heterocycles. The van der Waals surface area contributed by atoms with Crippen LogP contribution in [0.25, 0.3) is 0 Å². The molecule has 0 saturated carbocycles. The number of nitrogens with one attached hydrogen (secondary N) is 2. The molecule has 134 valence electrons. The Morgan fingerprint density at radius 2 is 1.81 bits per heavy atom. The molecule has 7 heteroatoms. The number of aliphatic hydroxyl groups is 1. The highest BCUT2D eigenvalue weighted by atomic mass is 16.3. The number of hydrogen-bond donors (Lipinski definition) is 3. The van der Waals surface area contributed by atoms with Gasteiger partial charge in [0.05, 0.1) is 5.69 Å². The van der Waals surface area contributed by atoms with Gasteiger partial charge in [0.25, 0.3) is 5.91 Å². The zero-order valence-corrected chi connectivity index (χ0v) is 14.2. The van der Waals surface area contributed by atoms with Crippen molar-refractivity contribution in [1.82, 2.24) is 0 Å². The Bertz CT molecular complexity index is 829. The third-order valence-electron chi connectivity index (χ3n) is 3.54. The summed E-state index contributed by atoms with van der Waals surface area (Å²) in [4.78, 5) is 35.1. The van der Waals surface area contributed by atoms with Crippen LogP contribution in [0.3, 0.4) is 0 Å². The van der Waals surface area contributed by atoms with Crippen LogP contribution in [0.5, 0.6) is 0 Å². The third kappa shape index (κ3) is 5.09. The predicted molar refractivity (Wildman–Crippen MR) is 99.4 cm³/mol. The number of amides is 1. The lowest BCUT2D eigenvalue weighted by molar-refractivity contribution is -0.114. The molecule has 0 heterocycles. The first-order valence-electron chi connectivity index (χ1n) is 7.95. The molecule has 2 aromatic rings. The van der Waals surface area contributed by atoms with Crippen LogP contribution in [0.15, 0.2) is 53.6 Å². The van der Waals surface area contributed by atoms with Crippen LogP contribution in [0, 0.1) is 0 Å². The minimum Gasteiger partial charge on any atom is -0.396 e. The van der Waals surface area contributed by atoms with Gasteiger partial charge in [0.1, 0.15) is 0 Å². The maximum Gasteiger partial charge on any atom is 0.279 e. The summed E-state index contributed by atoms with van der Waals surface area (Å²) in [6.07, 6.45) is 1.17. The Morgan fingerprint density at radius 1 is 1.12 bits per heavy atom. The van der Waals surface area contributed by atoms with Crippen LogP contribution in [-0.2, 0) is 16.0 Å². The van der Waals surface area contributed by atoms with Crippen LogP contribution < -0.4 is 10.7 Å². The number of aldehydes is 1. The molecule has 0 aromatic heterocycles. The van der Waals surface area contributed by atoms with E-state index in [1.54, 1.807) is 48.5 Å². The van der Waals surface area contributed by atoms with Gasteiger partial charge in [-0.3, -0.25) is 19.8 Å². The number of ketones is 1. The lowest BCUT2D eigenvalue weighted by Gasteiger charge is -2.08. The molecule has 0 atom stereocenters. The molecule has 0 fully saturated rings. The quantitative estimate of drug-likeness (QED) is 0.291. The monoisotopic (exact) mass is 353 g/mol. The van der Waals surface area contributed by atoms with Crippen LogP contribution >= 0.6 is 0 Å². The molecule has 0 radical (unpaired) electrons. The van der Waals surface area contributed by atoms with Crippen molar-refractivity contribution in [1.29, 1.82) is 0 Å². The Kier molecular flexibility index (Phi) is 6.75. The van der Waals surface area contributed by atoms with E-state index >= 15 is 0 Å². The van der Waals surface area contributed by atoms with Crippen molar-refractivity contribution in [2.24, 2.45) is 5.10 Å². The summed E-state index contributed by atoms with van der Waals surface area (Å²) < 4.78 is 0. The average Bonchev–Trinajstić information content (AvgIpc) is 2.64. The van der Waals surface area contributed by atoms with E-state index < -0.39 is 11.7 Å². The number of hydrazone groups is 1. The largest absolute Gasteiger partial charge is 0.396 e. The smallest absolute Gasteiger partial charge is 0.279 e. The maximum absolute atomic E-state index is 12.3. The average molecular weight is 353 g/mol. The summed E-state index contributed by atoms with van der Waals surface area (Å²) in [7, 11) is 0. The second-order valence-electron chi connectivity index (χ2n) is 5.46. The zero-order valence-electron chi connectivity index (χ0n) is 14.2. The lowest BCUT2D eigenvalue weighted by Crippen LogP contribution is -2.29. The standard InChI is InChI=1S/C19H19N3O4/c1-13(25)18(22-21-17-5-3-2-4-15(17)12-24)19(26)20-16-8-6-14(7-9-16)10-11-23/h2-9,12,21,23H,10-11H2,1H3,(H,20,26)/b22-18-. The second-order valence-corrected chi connectivity index (χ2v) is 5.46. The topological polar surface area (TPSA) is 108 Å². The number of anilines is 2. The number of para-hydroxylation sites is 1. The summed E-state index contributed by atoms with van der Waals surface area (Å²) in [6, 6.07) is 13.5. The fourth-order valence-electron chi connectivity index (χ4n) is 2.18. The molecule has 3 N–H and O–H groups in total. The minimum atomic E-state index is -0.663. The molecule has 2 rings (SSSR count). The Balaban J connectivity index is 2.14. The third-order valence-corrected chi connectivity index (χ3v) is 3.54. The van der Waals surface area contributed by atoms with Crippen molar-refractivity contribution >= 4 is 35.1 Å². The maximum atomic E-state index is 12.3. The van der Waals surface area contributed by atoms with Gasteiger partial charge in [0.2, 0.25) is 0 Å². The SMILES string of the molecule is CC(=O)/C(=N/Nc1ccccc1C=O)C(=O)Nc1ccc(CCO)cc1. The molecule has 0 bridgehead atoms. The summed E-state index contributed by atoms with van der Waals surface area (Å²) in [5.74, 6) is -1.18. The van der Waals surface area contributed by atoms with E-state index in [1.807, 2.05) is 0 Å². The van der Waals surface area contributed by atoms with Gasteiger partial charge in [-0.1, -0.05) is 24.3 Å². The number of benzene rings is 2. The first-order chi connectivity index (χ1) is 12.5. The normalized spacial score (nSPS) is 10.9.